The quantitative estimate of drug-likeness (QED) is 0.834. The first-order valence-corrected chi connectivity index (χ1v) is 5.66. The Morgan fingerprint density at radius 1 is 1.38 bits per heavy atom. The van der Waals surface area contributed by atoms with Gasteiger partial charge in [0.25, 0.3) is 0 Å². The van der Waals surface area contributed by atoms with E-state index >= 15 is 0 Å². The van der Waals surface area contributed by atoms with Crippen molar-refractivity contribution < 1.29 is 22.7 Å². The van der Waals surface area contributed by atoms with Crippen molar-refractivity contribution in [1.82, 2.24) is 20.2 Å². The van der Waals surface area contributed by atoms with Crippen LogP contribution in [0.5, 0.6) is 0 Å². The van der Waals surface area contributed by atoms with Crippen LogP contribution in [0.1, 0.15) is 21.9 Å². The second-order valence-corrected chi connectivity index (χ2v) is 3.87. The lowest BCUT2D eigenvalue weighted by Crippen LogP contribution is -2.12. The number of carbonyl (C=O) groups excluding carboxylic acids is 1. The Balaban J connectivity index is 2.10. The molecule has 0 unspecified atom stereocenters. The summed E-state index contributed by atoms with van der Waals surface area (Å²) < 4.78 is 41.7. The van der Waals surface area contributed by atoms with Gasteiger partial charge >= 0.3 is 12.1 Å². The summed E-state index contributed by atoms with van der Waals surface area (Å²) in [6, 6.07) is 0.862. The number of esters is 1. The highest BCUT2D eigenvalue weighted by Gasteiger charge is 2.33. The third kappa shape index (κ3) is 3.46. The zero-order chi connectivity index (χ0) is 15.5. The van der Waals surface area contributed by atoms with Gasteiger partial charge in [0.15, 0.2) is 17.2 Å². The normalized spacial score (nSPS) is 11.2. The van der Waals surface area contributed by atoms with Gasteiger partial charge in [0, 0.05) is 12.4 Å². The van der Waals surface area contributed by atoms with E-state index in [0.717, 1.165) is 6.07 Å². The Labute approximate surface area is 116 Å². The third-order valence-electron chi connectivity index (χ3n) is 2.44. The molecule has 0 bridgehead atoms. The molecule has 7 nitrogen and oxygen atoms in total. The fraction of sp³-hybridized carbons (Fsp3) is 0.273. The summed E-state index contributed by atoms with van der Waals surface area (Å²) in [5.74, 6) is -0.598. The van der Waals surface area contributed by atoms with E-state index in [9.17, 15) is 18.0 Å². The van der Waals surface area contributed by atoms with E-state index in [0.29, 0.717) is 0 Å². The molecule has 2 N–H and O–H groups in total. The number of hydrogen-bond acceptors (Lipinski definition) is 6. The van der Waals surface area contributed by atoms with Gasteiger partial charge in [0.1, 0.15) is 0 Å². The minimum absolute atomic E-state index is 0.0359. The molecule has 0 fully saturated rings. The number of H-pyrrole nitrogens is 1. The van der Waals surface area contributed by atoms with Gasteiger partial charge in [0.2, 0.25) is 0 Å². The van der Waals surface area contributed by atoms with Crippen molar-refractivity contribution in [1.29, 1.82) is 0 Å². The first-order chi connectivity index (χ1) is 9.91. The molecular formula is C11H10F3N5O2. The van der Waals surface area contributed by atoms with Crippen LogP contribution in [0.25, 0.3) is 0 Å². The highest BCUT2D eigenvalue weighted by atomic mass is 19.4. The minimum atomic E-state index is -4.52. The number of methoxy groups -OCH3 is 1. The Morgan fingerprint density at radius 2 is 2.10 bits per heavy atom. The van der Waals surface area contributed by atoms with E-state index in [4.69, 9.17) is 0 Å². The number of aromatic nitrogens is 4. The van der Waals surface area contributed by atoms with Crippen molar-refractivity contribution >= 4 is 11.8 Å². The van der Waals surface area contributed by atoms with Crippen LogP contribution in [-0.4, -0.2) is 33.2 Å². The van der Waals surface area contributed by atoms with Gasteiger partial charge in [-0.25, -0.2) is 14.8 Å². The number of carbonyl (C=O) groups is 1. The molecule has 2 aromatic rings. The van der Waals surface area contributed by atoms with Crippen molar-refractivity contribution in [3.05, 3.63) is 35.5 Å². The van der Waals surface area contributed by atoms with Crippen LogP contribution in [0.3, 0.4) is 0 Å². The van der Waals surface area contributed by atoms with E-state index in [1.807, 2.05) is 0 Å². The van der Waals surface area contributed by atoms with E-state index in [2.05, 4.69) is 30.2 Å². The van der Waals surface area contributed by atoms with Crippen LogP contribution < -0.4 is 5.32 Å². The molecule has 10 heteroatoms. The fourth-order valence-electron chi connectivity index (χ4n) is 1.49. The van der Waals surface area contributed by atoms with Gasteiger partial charge in [-0.3, -0.25) is 5.10 Å². The molecule has 0 saturated carbocycles. The van der Waals surface area contributed by atoms with Crippen LogP contribution in [0.4, 0.5) is 19.0 Å². The van der Waals surface area contributed by atoms with Crippen molar-refractivity contribution in [2.75, 3.05) is 12.4 Å². The predicted molar refractivity (Wildman–Crippen MR) is 64.3 cm³/mol. The van der Waals surface area contributed by atoms with Crippen LogP contribution in [0, 0.1) is 0 Å². The Hall–Kier alpha value is -2.65. The van der Waals surface area contributed by atoms with Crippen molar-refractivity contribution in [3.8, 4) is 0 Å². The first kappa shape index (κ1) is 14.8. The van der Waals surface area contributed by atoms with Crippen LogP contribution in [0.2, 0.25) is 0 Å². The van der Waals surface area contributed by atoms with Gasteiger partial charge in [-0.2, -0.15) is 18.3 Å². The molecule has 0 spiro atoms. The van der Waals surface area contributed by atoms with Gasteiger partial charge in [-0.05, 0) is 6.07 Å². The van der Waals surface area contributed by atoms with E-state index in [1.165, 1.54) is 19.5 Å². The Kier molecular flexibility index (Phi) is 4.05. The zero-order valence-electron chi connectivity index (χ0n) is 10.7. The number of alkyl halides is 3. The number of nitrogens with one attached hydrogen (secondary N) is 2. The summed E-state index contributed by atoms with van der Waals surface area (Å²) in [6.45, 7) is -0.0359. The number of nitrogens with zero attached hydrogens (tertiary/aromatic N) is 3. The molecule has 0 amide bonds. The lowest BCUT2D eigenvalue weighted by atomic mass is 10.3. The molecule has 0 aliphatic carbocycles. The second kappa shape index (κ2) is 5.77. The van der Waals surface area contributed by atoms with Gasteiger partial charge < -0.3 is 10.1 Å². The lowest BCUT2D eigenvalue weighted by molar-refractivity contribution is -0.141. The highest BCUT2D eigenvalue weighted by Crippen LogP contribution is 2.27. The van der Waals surface area contributed by atoms with Gasteiger partial charge in [-0.15, -0.1) is 0 Å². The molecule has 0 aromatic carbocycles. The van der Waals surface area contributed by atoms with E-state index in [-0.39, 0.29) is 23.8 Å². The molecule has 2 rings (SSSR count). The van der Waals surface area contributed by atoms with Gasteiger partial charge in [-0.1, -0.05) is 0 Å². The summed E-state index contributed by atoms with van der Waals surface area (Å²) in [4.78, 5) is 19.1. The fourth-order valence-corrected chi connectivity index (χ4v) is 1.49. The molecule has 0 aliphatic heterocycles. The molecule has 21 heavy (non-hydrogen) atoms. The standard InChI is InChI=1S/C11H10F3N5O2/c1-21-10(20)8-9(16-3-2-15-8)17-5-6-4-7(19-18-6)11(12,13)14/h2-4H,5H2,1H3,(H,16,17)(H,18,19). The largest absolute Gasteiger partial charge is 0.464 e. The van der Waals surface area contributed by atoms with E-state index in [1.54, 1.807) is 0 Å². The maximum absolute atomic E-state index is 12.4. The molecule has 112 valence electrons. The highest BCUT2D eigenvalue weighted by molar-refractivity contribution is 5.92. The average molecular weight is 301 g/mol. The number of anilines is 1. The molecule has 0 saturated heterocycles. The molecular weight excluding hydrogens is 291 g/mol. The average Bonchev–Trinajstić information content (AvgIpc) is 2.93. The van der Waals surface area contributed by atoms with Gasteiger partial charge in [0.05, 0.1) is 19.3 Å². The predicted octanol–water partition coefficient (Wildman–Crippen LogP) is 1.62. The molecule has 0 atom stereocenters. The first-order valence-electron chi connectivity index (χ1n) is 5.66. The Morgan fingerprint density at radius 3 is 2.71 bits per heavy atom. The third-order valence-corrected chi connectivity index (χ3v) is 2.44. The maximum atomic E-state index is 12.4. The number of hydrogen-bond donors (Lipinski definition) is 2. The van der Waals surface area contributed by atoms with Crippen molar-refractivity contribution in [2.45, 2.75) is 12.7 Å². The molecule has 0 aliphatic rings. The second-order valence-electron chi connectivity index (χ2n) is 3.87. The number of halogens is 3. The van der Waals surface area contributed by atoms with Crippen LogP contribution in [0.15, 0.2) is 18.5 Å². The van der Waals surface area contributed by atoms with E-state index < -0.39 is 17.8 Å². The van der Waals surface area contributed by atoms with Crippen molar-refractivity contribution in [3.63, 3.8) is 0 Å². The smallest absolute Gasteiger partial charge is 0.435 e. The number of rotatable bonds is 4. The van der Waals surface area contributed by atoms with Crippen molar-refractivity contribution in [2.24, 2.45) is 0 Å². The molecule has 2 heterocycles. The number of aromatic amines is 1. The summed E-state index contributed by atoms with van der Waals surface area (Å²) in [5, 5.41) is 8.10. The number of ether oxygens (including phenoxy) is 1. The topological polar surface area (TPSA) is 92.8 Å². The maximum Gasteiger partial charge on any atom is 0.435 e. The Bertz CT molecular complexity index is 641. The summed E-state index contributed by atoms with van der Waals surface area (Å²) in [5.41, 5.74) is -0.897. The zero-order valence-corrected chi connectivity index (χ0v) is 10.7. The SMILES string of the molecule is COC(=O)c1nccnc1NCc1cc(C(F)(F)F)n[nH]1. The van der Waals surface area contributed by atoms with Crippen LogP contribution >= 0.6 is 0 Å². The monoisotopic (exact) mass is 301 g/mol. The summed E-state index contributed by atoms with van der Waals surface area (Å²) in [6.07, 6.45) is -1.88. The van der Waals surface area contributed by atoms with Crippen LogP contribution in [-0.2, 0) is 17.5 Å². The molecule has 2 aromatic heterocycles. The summed E-state index contributed by atoms with van der Waals surface area (Å²) in [7, 11) is 1.19. The molecule has 0 radical (unpaired) electrons. The lowest BCUT2D eigenvalue weighted by Gasteiger charge is -2.07. The minimum Gasteiger partial charge on any atom is -0.464 e. The summed E-state index contributed by atoms with van der Waals surface area (Å²) >= 11 is 0.